The summed E-state index contributed by atoms with van der Waals surface area (Å²) in [5.74, 6) is -4.15. The highest BCUT2D eigenvalue weighted by Crippen LogP contribution is 2.18. The lowest BCUT2D eigenvalue weighted by molar-refractivity contribution is 0.0356. The van der Waals surface area contributed by atoms with E-state index in [0.29, 0.717) is 11.4 Å². The summed E-state index contributed by atoms with van der Waals surface area (Å²) in [5.41, 5.74) is 17.3. The molecule has 0 unspecified atom stereocenters. The van der Waals surface area contributed by atoms with E-state index in [4.69, 9.17) is 26.7 Å². The van der Waals surface area contributed by atoms with Crippen LogP contribution in [0.4, 0.5) is 17.1 Å². The number of ether oxygens (including phenoxy) is 2. The third-order valence-electron chi connectivity index (χ3n) is 4.15. The van der Waals surface area contributed by atoms with Gasteiger partial charge < -0.3 is 26.7 Å². The maximum Gasteiger partial charge on any atom is 0.346 e. The van der Waals surface area contributed by atoms with Crippen molar-refractivity contribution >= 4 is 40.9 Å². The Morgan fingerprint density at radius 1 is 0.484 bits per heavy atom. The lowest BCUT2D eigenvalue weighted by atomic mass is 10.1. The molecule has 0 fully saturated rings. The Balaban J connectivity index is 1.80. The average molecular weight is 419 g/mol. The molecule has 6 N–H and O–H groups in total. The number of hydrogen-bond acceptors (Lipinski definition) is 9. The molecule has 0 aliphatic rings. The molecule has 0 aliphatic carbocycles. The second kappa shape index (κ2) is 8.78. The van der Waals surface area contributed by atoms with Gasteiger partial charge in [0.05, 0.1) is 22.3 Å². The molecule has 3 aromatic rings. The Bertz CT molecular complexity index is 1170. The molecule has 0 aromatic heterocycles. The standard InChI is InChI=1S/C22H17N3O6/c23-14-5-1-12(2-6-14)19(26)30-21(28)17-10-9-16(25)11-18(17)22(29)31-20(27)13-3-7-15(24)8-4-13/h1-11H,23-25H2. The second-order valence-corrected chi connectivity index (χ2v) is 6.40. The number of esters is 4. The molecule has 9 heteroatoms. The van der Waals surface area contributed by atoms with E-state index in [1.54, 1.807) is 0 Å². The summed E-state index contributed by atoms with van der Waals surface area (Å²) < 4.78 is 9.66. The van der Waals surface area contributed by atoms with Gasteiger partial charge in [0.25, 0.3) is 0 Å². The summed E-state index contributed by atoms with van der Waals surface area (Å²) in [6, 6.07) is 15.1. The molecule has 0 bridgehead atoms. The number of carbonyl (C=O) groups is 4. The van der Waals surface area contributed by atoms with Crippen LogP contribution in [-0.4, -0.2) is 23.9 Å². The lowest BCUT2D eigenvalue weighted by Crippen LogP contribution is -2.19. The van der Waals surface area contributed by atoms with E-state index in [-0.39, 0.29) is 27.9 Å². The third-order valence-corrected chi connectivity index (χ3v) is 4.15. The highest BCUT2D eigenvalue weighted by molar-refractivity contribution is 6.11. The minimum atomic E-state index is -1.14. The van der Waals surface area contributed by atoms with Gasteiger partial charge in [0, 0.05) is 17.1 Å². The van der Waals surface area contributed by atoms with Crippen LogP contribution in [0.3, 0.4) is 0 Å². The van der Waals surface area contributed by atoms with Gasteiger partial charge in [-0.25, -0.2) is 19.2 Å². The van der Waals surface area contributed by atoms with Crippen LogP contribution in [0.5, 0.6) is 0 Å². The number of anilines is 3. The molecule has 3 aromatic carbocycles. The summed E-state index contributed by atoms with van der Waals surface area (Å²) in [6.07, 6.45) is 0. The van der Waals surface area contributed by atoms with Crippen molar-refractivity contribution in [2.45, 2.75) is 0 Å². The number of benzene rings is 3. The molecule has 0 amide bonds. The molecule has 156 valence electrons. The van der Waals surface area contributed by atoms with Crippen LogP contribution in [0.2, 0.25) is 0 Å². The fourth-order valence-electron chi connectivity index (χ4n) is 2.54. The number of nitrogens with two attached hydrogens (primary N) is 3. The molecule has 31 heavy (non-hydrogen) atoms. The fourth-order valence-corrected chi connectivity index (χ4v) is 2.54. The maximum atomic E-state index is 12.5. The summed E-state index contributed by atoms with van der Waals surface area (Å²) in [7, 11) is 0. The van der Waals surface area contributed by atoms with Crippen molar-refractivity contribution in [1.82, 2.24) is 0 Å². The van der Waals surface area contributed by atoms with Crippen molar-refractivity contribution in [2.24, 2.45) is 0 Å². The summed E-state index contributed by atoms with van der Waals surface area (Å²) in [5, 5.41) is 0. The molecule has 0 aliphatic heterocycles. The van der Waals surface area contributed by atoms with Crippen LogP contribution >= 0.6 is 0 Å². The Kier molecular flexibility index (Phi) is 5.97. The zero-order valence-corrected chi connectivity index (χ0v) is 16.0. The van der Waals surface area contributed by atoms with Gasteiger partial charge in [-0.1, -0.05) is 0 Å². The van der Waals surface area contributed by atoms with Crippen LogP contribution in [0, 0.1) is 0 Å². The van der Waals surface area contributed by atoms with Gasteiger partial charge in [-0.2, -0.15) is 0 Å². The van der Waals surface area contributed by atoms with Crippen LogP contribution in [0.1, 0.15) is 41.4 Å². The largest absolute Gasteiger partial charge is 0.399 e. The van der Waals surface area contributed by atoms with Crippen molar-refractivity contribution < 1.29 is 28.7 Å². The molecule has 0 heterocycles. The van der Waals surface area contributed by atoms with E-state index >= 15 is 0 Å². The molecular formula is C22H17N3O6. The van der Waals surface area contributed by atoms with Gasteiger partial charge in [-0.05, 0) is 66.7 Å². The predicted molar refractivity (Wildman–Crippen MR) is 112 cm³/mol. The first-order valence-electron chi connectivity index (χ1n) is 8.88. The second-order valence-electron chi connectivity index (χ2n) is 6.40. The Hall–Kier alpha value is -4.66. The van der Waals surface area contributed by atoms with Crippen molar-refractivity contribution in [3.05, 3.63) is 89.0 Å². The molecule has 9 nitrogen and oxygen atoms in total. The van der Waals surface area contributed by atoms with E-state index < -0.39 is 23.9 Å². The van der Waals surface area contributed by atoms with Crippen molar-refractivity contribution in [3.8, 4) is 0 Å². The first-order valence-corrected chi connectivity index (χ1v) is 8.88. The number of hydrogen-bond donors (Lipinski definition) is 3. The lowest BCUT2D eigenvalue weighted by Gasteiger charge is -2.09. The van der Waals surface area contributed by atoms with Crippen molar-refractivity contribution in [2.75, 3.05) is 17.2 Å². The van der Waals surface area contributed by atoms with E-state index in [9.17, 15) is 19.2 Å². The summed E-state index contributed by atoms with van der Waals surface area (Å²) in [6.45, 7) is 0. The third kappa shape index (κ3) is 5.04. The molecular weight excluding hydrogens is 402 g/mol. The SMILES string of the molecule is Nc1ccc(C(=O)OC(=O)c2ccc(N)cc2C(=O)OC(=O)c2ccc(N)cc2)cc1. The first kappa shape index (κ1) is 21.1. The minimum absolute atomic E-state index is 0.0779. The first-order chi connectivity index (χ1) is 14.7. The maximum absolute atomic E-state index is 12.5. The molecule has 0 atom stereocenters. The normalized spacial score (nSPS) is 10.2. The van der Waals surface area contributed by atoms with Gasteiger partial charge in [-0.3, -0.25) is 0 Å². The van der Waals surface area contributed by atoms with Crippen LogP contribution < -0.4 is 17.2 Å². The smallest absolute Gasteiger partial charge is 0.346 e. The van der Waals surface area contributed by atoms with Crippen molar-refractivity contribution in [1.29, 1.82) is 0 Å². The van der Waals surface area contributed by atoms with E-state index in [1.807, 2.05) is 0 Å². The quantitative estimate of drug-likeness (QED) is 0.327. The highest BCUT2D eigenvalue weighted by atomic mass is 16.6. The van der Waals surface area contributed by atoms with Crippen LogP contribution in [-0.2, 0) is 9.47 Å². The van der Waals surface area contributed by atoms with E-state index in [1.165, 1.54) is 60.7 Å². The van der Waals surface area contributed by atoms with E-state index in [0.717, 1.165) is 6.07 Å². The molecule has 0 spiro atoms. The van der Waals surface area contributed by atoms with Gasteiger partial charge >= 0.3 is 23.9 Å². The zero-order valence-electron chi connectivity index (χ0n) is 16.0. The molecule has 3 rings (SSSR count). The number of carbonyl (C=O) groups excluding carboxylic acids is 4. The predicted octanol–water partition coefficient (Wildman–Crippen LogP) is 2.43. The van der Waals surface area contributed by atoms with Crippen molar-refractivity contribution in [3.63, 3.8) is 0 Å². The van der Waals surface area contributed by atoms with Crippen LogP contribution in [0.15, 0.2) is 66.7 Å². The topological polar surface area (TPSA) is 165 Å². The van der Waals surface area contributed by atoms with E-state index in [2.05, 4.69) is 0 Å². The van der Waals surface area contributed by atoms with Crippen LogP contribution in [0.25, 0.3) is 0 Å². The highest BCUT2D eigenvalue weighted by Gasteiger charge is 2.24. The number of nitrogen functional groups attached to an aromatic ring is 3. The Labute approximate surface area is 176 Å². The Morgan fingerprint density at radius 2 is 0.871 bits per heavy atom. The minimum Gasteiger partial charge on any atom is -0.399 e. The Morgan fingerprint density at radius 3 is 1.32 bits per heavy atom. The van der Waals surface area contributed by atoms with Gasteiger partial charge in [0.15, 0.2) is 0 Å². The van der Waals surface area contributed by atoms with Gasteiger partial charge in [-0.15, -0.1) is 0 Å². The van der Waals surface area contributed by atoms with Gasteiger partial charge in [0.1, 0.15) is 0 Å². The summed E-state index contributed by atoms with van der Waals surface area (Å²) in [4.78, 5) is 49.4. The summed E-state index contributed by atoms with van der Waals surface area (Å²) >= 11 is 0. The monoisotopic (exact) mass is 419 g/mol. The molecule has 0 saturated heterocycles. The fraction of sp³-hybridized carbons (Fsp3) is 0. The number of rotatable bonds is 4. The average Bonchev–Trinajstić information content (AvgIpc) is 2.74. The van der Waals surface area contributed by atoms with Gasteiger partial charge in [0.2, 0.25) is 0 Å². The zero-order chi connectivity index (χ0) is 22.5. The molecule has 0 radical (unpaired) electrons. The molecule has 0 saturated carbocycles.